The second-order valence-electron chi connectivity index (χ2n) is 2.87. The van der Waals surface area contributed by atoms with Gasteiger partial charge in [-0.3, -0.25) is 4.79 Å². The second kappa shape index (κ2) is 4.50. The van der Waals surface area contributed by atoms with Gasteiger partial charge in [-0.25, -0.2) is 0 Å². The van der Waals surface area contributed by atoms with E-state index in [9.17, 15) is 4.79 Å². The van der Waals surface area contributed by atoms with E-state index in [2.05, 4.69) is 5.32 Å². The summed E-state index contributed by atoms with van der Waals surface area (Å²) >= 11 is 0. The summed E-state index contributed by atoms with van der Waals surface area (Å²) in [5.41, 5.74) is 7.09. The molecule has 1 amide bonds. The van der Waals surface area contributed by atoms with E-state index in [1.807, 2.05) is 31.2 Å². The van der Waals surface area contributed by atoms with Crippen LogP contribution in [-0.4, -0.2) is 12.5 Å². The molecule has 3 heteroatoms. The highest BCUT2D eigenvalue weighted by atomic mass is 16.1. The van der Waals surface area contributed by atoms with E-state index in [0.717, 1.165) is 17.8 Å². The number of nitrogens with one attached hydrogen (secondary N) is 1. The van der Waals surface area contributed by atoms with Gasteiger partial charge in [-0.05, 0) is 24.6 Å². The molecule has 1 aromatic carbocycles. The molecule has 1 aromatic rings. The maximum absolute atomic E-state index is 10.6. The maximum Gasteiger partial charge on any atom is 0.221 e. The Bertz CT molecular complexity index is 279. The monoisotopic (exact) mass is 178 g/mol. The van der Waals surface area contributed by atoms with Crippen LogP contribution in [0.15, 0.2) is 24.3 Å². The fraction of sp³-hybridized carbons (Fsp3) is 0.300. The van der Waals surface area contributed by atoms with E-state index in [-0.39, 0.29) is 5.91 Å². The molecule has 0 heterocycles. The number of carbonyl (C=O) groups is 1. The topological polar surface area (TPSA) is 55.1 Å². The minimum Gasteiger partial charge on any atom is -0.385 e. The number of carbonyl (C=O) groups excluding carboxylic acids is 1. The van der Waals surface area contributed by atoms with Crippen molar-refractivity contribution in [1.29, 1.82) is 0 Å². The summed E-state index contributed by atoms with van der Waals surface area (Å²) in [6.45, 7) is 2.94. The maximum atomic E-state index is 10.6. The first kappa shape index (κ1) is 9.58. The zero-order chi connectivity index (χ0) is 9.68. The Morgan fingerprint density at radius 3 is 2.46 bits per heavy atom. The smallest absolute Gasteiger partial charge is 0.221 e. The number of primary amides is 1. The van der Waals surface area contributed by atoms with E-state index in [1.165, 1.54) is 0 Å². The molecule has 3 nitrogen and oxygen atoms in total. The highest BCUT2D eigenvalue weighted by Gasteiger charge is 1.97. The Morgan fingerprint density at radius 2 is 2.00 bits per heavy atom. The lowest BCUT2D eigenvalue weighted by molar-refractivity contribution is -0.117. The Hall–Kier alpha value is -1.51. The molecular formula is C10H14N2O. The predicted octanol–water partition coefficient (Wildman–Crippen LogP) is 1.15. The highest BCUT2D eigenvalue weighted by Crippen LogP contribution is 2.09. The molecule has 0 aromatic heterocycles. The lowest BCUT2D eigenvalue weighted by atomic mass is 10.1. The molecule has 0 atom stereocenters. The van der Waals surface area contributed by atoms with Gasteiger partial charge in [0.15, 0.2) is 0 Å². The van der Waals surface area contributed by atoms with Gasteiger partial charge in [0, 0.05) is 12.2 Å². The Morgan fingerprint density at radius 1 is 1.38 bits per heavy atom. The average molecular weight is 178 g/mol. The Labute approximate surface area is 77.9 Å². The molecule has 3 N–H and O–H groups in total. The summed E-state index contributed by atoms with van der Waals surface area (Å²) in [4.78, 5) is 10.6. The van der Waals surface area contributed by atoms with Crippen molar-refractivity contribution in [2.45, 2.75) is 13.3 Å². The van der Waals surface area contributed by atoms with Crippen LogP contribution in [0.25, 0.3) is 0 Å². The lowest BCUT2D eigenvalue weighted by Crippen LogP contribution is -2.13. The number of amides is 1. The predicted molar refractivity (Wildman–Crippen MR) is 53.5 cm³/mol. The molecule has 0 saturated carbocycles. The first-order valence-electron chi connectivity index (χ1n) is 4.33. The minimum absolute atomic E-state index is 0.295. The normalized spacial score (nSPS) is 9.62. The molecule has 70 valence electrons. The number of rotatable bonds is 4. The quantitative estimate of drug-likeness (QED) is 0.726. The summed E-state index contributed by atoms with van der Waals surface area (Å²) in [7, 11) is 0. The molecule has 0 aliphatic heterocycles. The number of hydrogen-bond donors (Lipinski definition) is 2. The van der Waals surface area contributed by atoms with Crippen LogP contribution in [0.4, 0.5) is 5.69 Å². The first-order chi connectivity index (χ1) is 6.22. The van der Waals surface area contributed by atoms with Gasteiger partial charge in [0.25, 0.3) is 0 Å². The number of nitrogens with two attached hydrogens (primary N) is 1. The molecule has 0 spiro atoms. The van der Waals surface area contributed by atoms with Crippen molar-refractivity contribution >= 4 is 11.6 Å². The van der Waals surface area contributed by atoms with Crippen LogP contribution >= 0.6 is 0 Å². The van der Waals surface area contributed by atoms with Gasteiger partial charge < -0.3 is 11.1 Å². The van der Waals surface area contributed by atoms with Gasteiger partial charge in [0.1, 0.15) is 0 Å². The van der Waals surface area contributed by atoms with Crippen molar-refractivity contribution < 1.29 is 4.79 Å². The summed E-state index contributed by atoms with van der Waals surface area (Å²) in [6.07, 6.45) is 0.312. The third-order valence-electron chi connectivity index (χ3n) is 1.71. The average Bonchev–Trinajstić information content (AvgIpc) is 2.08. The van der Waals surface area contributed by atoms with Gasteiger partial charge in [0.05, 0.1) is 6.42 Å². The van der Waals surface area contributed by atoms with Crippen LogP contribution in [-0.2, 0) is 11.2 Å². The van der Waals surface area contributed by atoms with Crippen LogP contribution in [0.3, 0.4) is 0 Å². The fourth-order valence-corrected chi connectivity index (χ4v) is 1.15. The molecular weight excluding hydrogens is 164 g/mol. The van der Waals surface area contributed by atoms with Crippen molar-refractivity contribution in [2.24, 2.45) is 5.73 Å². The van der Waals surface area contributed by atoms with E-state index in [1.54, 1.807) is 0 Å². The molecule has 0 aliphatic carbocycles. The van der Waals surface area contributed by atoms with Gasteiger partial charge in [-0.1, -0.05) is 12.1 Å². The number of benzene rings is 1. The van der Waals surface area contributed by atoms with E-state index < -0.39 is 0 Å². The van der Waals surface area contributed by atoms with Crippen molar-refractivity contribution in [3.8, 4) is 0 Å². The number of hydrogen-bond acceptors (Lipinski definition) is 2. The molecule has 0 aliphatic rings. The van der Waals surface area contributed by atoms with Crippen LogP contribution in [0.1, 0.15) is 12.5 Å². The van der Waals surface area contributed by atoms with Crippen LogP contribution in [0, 0.1) is 0 Å². The zero-order valence-electron chi connectivity index (χ0n) is 7.71. The van der Waals surface area contributed by atoms with E-state index in [4.69, 9.17) is 5.73 Å². The van der Waals surface area contributed by atoms with Crippen LogP contribution < -0.4 is 11.1 Å². The molecule has 0 radical (unpaired) electrons. The minimum atomic E-state index is -0.295. The third-order valence-corrected chi connectivity index (χ3v) is 1.71. The molecule has 1 rings (SSSR count). The van der Waals surface area contributed by atoms with Crippen molar-refractivity contribution in [2.75, 3.05) is 11.9 Å². The number of anilines is 1. The summed E-state index contributed by atoms with van der Waals surface area (Å²) in [5, 5.41) is 3.17. The van der Waals surface area contributed by atoms with E-state index >= 15 is 0 Å². The van der Waals surface area contributed by atoms with Crippen molar-refractivity contribution in [3.05, 3.63) is 29.8 Å². The fourth-order valence-electron chi connectivity index (χ4n) is 1.15. The molecule has 0 bridgehead atoms. The summed E-state index contributed by atoms with van der Waals surface area (Å²) in [5.74, 6) is -0.295. The first-order valence-corrected chi connectivity index (χ1v) is 4.33. The van der Waals surface area contributed by atoms with Gasteiger partial charge in [0.2, 0.25) is 5.91 Å². The van der Waals surface area contributed by atoms with Crippen molar-refractivity contribution in [3.63, 3.8) is 0 Å². The highest BCUT2D eigenvalue weighted by molar-refractivity contribution is 5.76. The largest absolute Gasteiger partial charge is 0.385 e. The molecule has 0 unspecified atom stereocenters. The third kappa shape index (κ3) is 3.15. The second-order valence-corrected chi connectivity index (χ2v) is 2.87. The van der Waals surface area contributed by atoms with Gasteiger partial charge in [-0.15, -0.1) is 0 Å². The molecule has 13 heavy (non-hydrogen) atoms. The van der Waals surface area contributed by atoms with Crippen molar-refractivity contribution in [1.82, 2.24) is 0 Å². The summed E-state index contributed by atoms with van der Waals surface area (Å²) < 4.78 is 0. The zero-order valence-corrected chi connectivity index (χ0v) is 7.71. The lowest BCUT2D eigenvalue weighted by Gasteiger charge is -2.03. The summed E-state index contributed by atoms with van der Waals surface area (Å²) in [6, 6.07) is 7.70. The SMILES string of the molecule is CCNc1ccc(CC(N)=O)cc1. The van der Waals surface area contributed by atoms with Gasteiger partial charge >= 0.3 is 0 Å². The molecule has 0 saturated heterocycles. The van der Waals surface area contributed by atoms with E-state index in [0.29, 0.717) is 6.42 Å². The Kier molecular flexibility index (Phi) is 3.31. The van der Waals surface area contributed by atoms with Crippen LogP contribution in [0.5, 0.6) is 0 Å². The standard InChI is InChI=1S/C10H14N2O/c1-2-12-9-5-3-8(4-6-9)7-10(11)13/h3-6,12H,2,7H2,1H3,(H2,11,13). The molecule has 0 fully saturated rings. The Balaban J connectivity index is 2.64. The van der Waals surface area contributed by atoms with Crippen LogP contribution in [0.2, 0.25) is 0 Å². The van der Waals surface area contributed by atoms with Gasteiger partial charge in [-0.2, -0.15) is 0 Å².